The van der Waals surface area contributed by atoms with E-state index in [9.17, 15) is 9.59 Å². The number of piperazine rings is 1. The van der Waals surface area contributed by atoms with Gasteiger partial charge in [-0.25, -0.2) is 18.7 Å². The molecule has 0 bridgehead atoms. The molecule has 4 radical (unpaired) electrons. The minimum atomic E-state index is -0.598. The number of carbonyl (C=O) groups excluding carboxylic acids is 1. The van der Waals surface area contributed by atoms with E-state index in [1.54, 1.807) is 36.2 Å². The summed E-state index contributed by atoms with van der Waals surface area (Å²) in [7, 11) is 11.9. The molecule has 2 atom stereocenters. The molecule has 8 nitrogen and oxygen atoms in total. The average molecular weight is 600 g/mol. The first-order chi connectivity index (χ1) is 21.3. The van der Waals surface area contributed by atoms with Crippen molar-refractivity contribution in [3.63, 3.8) is 0 Å². The van der Waals surface area contributed by atoms with Crippen LogP contribution in [-0.2, 0) is 4.79 Å². The molecule has 0 aliphatic carbocycles. The van der Waals surface area contributed by atoms with Crippen LogP contribution in [0.25, 0.3) is 33.6 Å². The second-order valence-electron chi connectivity index (χ2n) is 11.9. The molecule has 4 heterocycles. The molecule has 226 valence electrons. The summed E-state index contributed by atoms with van der Waals surface area (Å²) in [5.41, 5.74) is 3.44. The predicted molar refractivity (Wildman–Crippen MR) is 179 cm³/mol. The van der Waals surface area contributed by atoms with Crippen LogP contribution in [0.4, 0.5) is 10.2 Å². The molecule has 3 aromatic heterocycles. The summed E-state index contributed by atoms with van der Waals surface area (Å²) in [6.07, 6.45) is 3.00. The van der Waals surface area contributed by atoms with Crippen molar-refractivity contribution in [1.29, 1.82) is 0 Å². The number of fused-ring (bicyclic) bond motifs is 1. The molecule has 11 heteroatoms. The molecule has 0 spiro atoms. The van der Waals surface area contributed by atoms with Crippen molar-refractivity contribution in [2.45, 2.75) is 59.5 Å². The summed E-state index contributed by atoms with van der Waals surface area (Å²) in [5, 5.41) is 0.468. The minimum absolute atomic E-state index is 0.0296. The molecule has 1 aliphatic heterocycles. The largest absolute Gasteiger partial charge is 0.355 e. The van der Waals surface area contributed by atoms with Gasteiger partial charge in [-0.15, -0.1) is 0 Å². The van der Waals surface area contributed by atoms with Gasteiger partial charge in [0.15, 0.2) is 5.65 Å². The maximum atomic E-state index is 16.4. The molecule has 45 heavy (non-hydrogen) atoms. The summed E-state index contributed by atoms with van der Waals surface area (Å²) in [5.74, 6) is -0.496. The Hall–Kier alpha value is -4.53. The van der Waals surface area contributed by atoms with Crippen molar-refractivity contribution >= 4 is 44.0 Å². The van der Waals surface area contributed by atoms with Crippen LogP contribution in [0.15, 0.2) is 65.4 Å². The Bertz CT molecular complexity index is 1910. The lowest BCUT2D eigenvalue weighted by molar-refractivity contribution is -0.127. The molecular formula is C34H35B2FN6O2. The highest BCUT2D eigenvalue weighted by Gasteiger charge is 2.34. The highest BCUT2D eigenvalue weighted by Crippen LogP contribution is 2.36. The van der Waals surface area contributed by atoms with Crippen LogP contribution in [0, 0.1) is 12.7 Å². The van der Waals surface area contributed by atoms with Crippen molar-refractivity contribution in [3.05, 3.63) is 93.7 Å². The number of hydrogen-bond acceptors (Lipinski definition) is 6. The first-order valence-electron chi connectivity index (χ1n) is 15.0. The number of benzene rings is 1. The number of carbonyl (C=O) groups is 1. The van der Waals surface area contributed by atoms with Gasteiger partial charge in [0.25, 0.3) is 0 Å². The lowest BCUT2D eigenvalue weighted by Crippen LogP contribution is -2.58. The minimum Gasteiger partial charge on any atom is -0.347 e. The van der Waals surface area contributed by atoms with E-state index in [4.69, 9.17) is 20.7 Å². The van der Waals surface area contributed by atoms with Gasteiger partial charge in [-0.2, -0.15) is 10.4 Å². The topological polar surface area (TPSA) is 84.2 Å². The van der Waals surface area contributed by atoms with E-state index in [-0.39, 0.29) is 40.6 Å². The number of nitrogens with zero attached hydrogens (tertiary/aromatic N) is 6. The van der Waals surface area contributed by atoms with Crippen LogP contribution < -0.4 is 10.6 Å². The number of rotatable bonds is 6. The van der Waals surface area contributed by atoms with Crippen molar-refractivity contribution in [2.24, 2.45) is 0 Å². The second kappa shape index (κ2) is 12.5. The molecule has 0 N–H and O–H groups in total. The van der Waals surface area contributed by atoms with Crippen LogP contribution in [0.5, 0.6) is 0 Å². The average Bonchev–Trinajstić information content (AvgIpc) is 3.00. The van der Waals surface area contributed by atoms with Gasteiger partial charge in [0.2, 0.25) is 5.91 Å². The van der Waals surface area contributed by atoms with Gasteiger partial charge >= 0.3 is 5.69 Å². The highest BCUT2D eigenvalue weighted by atomic mass is 19.1. The zero-order valence-corrected chi connectivity index (χ0v) is 26.5. The van der Waals surface area contributed by atoms with E-state index < -0.39 is 11.5 Å². The standard InChI is InChI=1S/C34H35B2FN6O2/c1-8-27(44)41-16-20(5)42(21(6)17-41)33-25-15-26(37)29(24-12-10-9-11-23(24)22(7)31(35)36)39-32(25)43(34(45)40-33)30-19(4)13-14-38-28(30)18(2)3/h8-15,18,20-21H,1,16-17H2,2-7H3/t20-,21-/m0/s1. The predicted octanol–water partition coefficient (Wildman–Crippen LogP) is 5.05. The number of pyridine rings is 2. The van der Waals surface area contributed by atoms with Gasteiger partial charge in [-0.05, 0) is 62.9 Å². The highest BCUT2D eigenvalue weighted by molar-refractivity contribution is 6.51. The molecule has 4 aromatic rings. The monoisotopic (exact) mass is 600 g/mol. The summed E-state index contributed by atoms with van der Waals surface area (Å²) >= 11 is 0. The van der Waals surface area contributed by atoms with E-state index in [2.05, 4.69) is 16.5 Å². The fourth-order valence-corrected chi connectivity index (χ4v) is 6.20. The summed E-state index contributed by atoms with van der Waals surface area (Å²) in [4.78, 5) is 44.4. The maximum absolute atomic E-state index is 16.4. The number of anilines is 1. The number of hydrogen-bond donors (Lipinski definition) is 0. The van der Waals surface area contributed by atoms with Crippen molar-refractivity contribution in [3.8, 4) is 16.9 Å². The van der Waals surface area contributed by atoms with E-state index in [0.717, 1.165) is 5.56 Å². The fourth-order valence-electron chi connectivity index (χ4n) is 6.20. The Morgan fingerprint density at radius 1 is 1.11 bits per heavy atom. The molecule has 1 fully saturated rings. The molecule has 1 aromatic carbocycles. The SMILES string of the molecule is [B]C([B])=C(C)c1ccccc1-c1nc2c(cc1F)c(N1[C@@H](C)CN(C(=O)C=C)C[C@@H]1C)nc(=O)n2-c1c(C)ccnc1C(C)C. The Labute approximate surface area is 265 Å². The van der Waals surface area contributed by atoms with Gasteiger partial charge in [0, 0.05) is 36.9 Å². The Morgan fingerprint density at radius 3 is 2.40 bits per heavy atom. The first-order valence-corrected chi connectivity index (χ1v) is 15.0. The third kappa shape index (κ3) is 5.72. The molecule has 0 saturated carbocycles. The lowest BCUT2D eigenvalue weighted by Gasteiger charge is -2.45. The normalized spacial score (nSPS) is 16.7. The van der Waals surface area contributed by atoms with E-state index in [0.29, 0.717) is 52.4 Å². The maximum Gasteiger partial charge on any atom is 0.355 e. The second-order valence-corrected chi connectivity index (χ2v) is 11.9. The number of allylic oxidation sites excluding steroid dienone is 1. The zero-order valence-electron chi connectivity index (χ0n) is 26.5. The molecule has 0 unspecified atom stereocenters. The van der Waals surface area contributed by atoms with E-state index in [1.165, 1.54) is 16.7 Å². The Kier molecular flexibility index (Phi) is 8.83. The summed E-state index contributed by atoms with van der Waals surface area (Å²) in [6, 6.07) is 9.89. The van der Waals surface area contributed by atoms with Crippen molar-refractivity contribution in [2.75, 3.05) is 18.0 Å². The lowest BCUT2D eigenvalue weighted by atomic mass is 9.73. The van der Waals surface area contributed by atoms with Crippen LogP contribution >= 0.6 is 0 Å². The van der Waals surface area contributed by atoms with Gasteiger partial charge in [0.05, 0.1) is 32.5 Å². The zero-order chi connectivity index (χ0) is 32.7. The molecule has 1 amide bonds. The van der Waals surface area contributed by atoms with Crippen molar-refractivity contribution < 1.29 is 9.18 Å². The Balaban J connectivity index is 1.87. The molecular weight excluding hydrogens is 565 g/mol. The van der Waals surface area contributed by atoms with Crippen LogP contribution in [-0.4, -0.2) is 71.2 Å². The quantitative estimate of drug-likeness (QED) is 0.228. The summed E-state index contributed by atoms with van der Waals surface area (Å²) < 4.78 is 17.8. The first kappa shape index (κ1) is 31.9. The van der Waals surface area contributed by atoms with Crippen LogP contribution in [0.2, 0.25) is 0 Å². The van der Waals surface area contributed by atoms with E-state index >= 15 is 4.39 Å². The van der Waals surface area contributed by atoms with Gasteiger partial charge < -0.3 is 9.80 Å². The molecule has 5 rings (SSSR count). The number of aryl methyl sites for hydroxylation is 1. The molecule has 1 aliphatic rings. The number of amides is 1. The third-order valence-corrected chi connectivity index (χ3v) is 8.40. The molecule has 1 saturated heterocycles. The van der Waals surface area contributed by atoms with Gasteiger partial charge in [-0.1, -0.05) is 50.3 Å². The van der Waals surface area contributed by atoms with Gasteiger partial charge in [-0.3, -0.25) is 9.78 Å². The Morgan fingerprint density at radius 2 is 1.78 bits per heavy atom. The van der Waals surface area contributed by atoms with Crippen LogP contribution in [0.3, 0.4) is 0 Å². The number of aromatic nitrogens is 4. The van der Waals surface area contributed by atoms with Crippen LogP contribution in [0.1, 0.15) is 57.4 Å². The van der Waals surface area contributed by atoms with E-state index in [1.807, 2.05) is 51.7 Å². The van der Waals surface area contributed by atoms with Gasteiger partial charge in [0.1, 0.15) is 17.3 Å². The third-order valence-electron chi connectivity index (χ3n) is 8.40. The smallest absolute Gasteiger partial charge is 0.347 e. The number of halogens is 1. The van der Waals surface area contributed by atoms with Crippen molar-refractivity contribution in [1.82, 2.24) is 24.4 Å². The fraction of sp³-hybridized carbons (Fsp3) is 0.324. The summed E-state index contributed by atoms with van der Waals surface area (Å²) in [6.45, 7) is 15.9.